The van der Waals surface area contributed by atoms with Crippen LogP contribution in [0.4, 0.5) is 0 Å². The lowest BCUT2D eigenvalue weighted by atomic mass is 9.83. The number of carbonyl (C=O) groups excluding carboxylic acids is 2. The van der Waals surface area contributed by atoms with Crippen LogP contribution in [0.15, 0.2) is 24.3 Å². The Kier molecular flexibility index (Phi) is 10.7. The van der Waals surface area contributed by atoms with Crippen LogP contribution in [-0.4, -0.2) is 31.8 Å². The third-order valence-electron chi connectivity index (χ3n) is 6.12. The fraction of sp³-hybridized carbons (Fsp3) is 0.680. The standard InChI is InChI=1S/C25H38O5/c1-4-6-7-19(5-2)18-29-24(26)16-17-25(27)30-23-14-10-21(11-15-23)20-8-12-22(28-3)13-9-20/h8-9,12-13,19,21,23H,4-7,10-11,14-18H2,1-3H3. The van der Waals surface area contributed by atoms with Crippen LogP contribution in [0.5, 0.6) is 5.75 Å². The Morgan fingerprint density at radius 1 is 1.00 bits per heavy atom. The highest BCUT2D eigenvalue weighted by molar-refractivity contribution is 5.77. The Hall–Kier alpha value is -2.04. The zero-order valence-electron chi connectivity index (χ0n) is 18.9. The van der Waals surface area contributed by atoms with Crippen molar-refractivity contribution in [3.05, 3.63) is 29.8 Å². The second kappa shape index (κ2) is 13.3. The molecule has 0 bridgehead atoms. The summed E-state index contributed by atoms with van der Waals surface area (Å²) < 4.78 is 16.2. The Labute approximate surface area is 181 Å². The van der Waals surface area contributed by atoms with Gasteiger partial charge in [-0.05, 0) is 61.6 Å². The van der Waals surface area contributed by atoms with Crippen LogP contribution in [0, 0.1) is 5.92 Å². The SMILES string of the molecule is CCCCC(CC)COC(=O)CCC(=O)OC1CCC(c2ccc(OC)cc2)CC1. The molecule has 0 amide bonds. The molecule has 1 aromatic carbocycles. The lowest BCUT2D eigenvalue weighted by molar-refractivity contribution is -0.155. The minimum Gasteiger partial charge on any atom is -0.497 e. The van der Waals surface area contributed by atoms with E-state index in [0.717, 1.165) is 57.1 Å². The lowest BCUT2D eigenvalue weighted by Crippen LogP contribution is -2.24. The second-order valence-corrected chi connectivity index (χ2v) is 8.34. The van der Waals surface area contributed by atoms with Gasteiger partial charge in [0.15, 0.2) is 0 Å². The lowest BCUT2D eigenvalue weighted by Gasteiger charge is -2.28. The number of methoxy groups -OCH3 is 1. The van der Waals surface area contributed by atoms with Crippen LogP contribution >= 0.6 is 0 Å². The number of ether oxygens (including phenoxy) is 3. The number of rotatable bonds is 12. The molecule has 0 N–H and O–H groups in total. The van der Waals surface area contributed by atoms with E-state index < -0.39 is 0 Å². The van der Waals surface area contributed by atoms with Gasteiger partial charge in [-0.3, -0.25) is 9.59 Å². The molecule has 0 heterocycles. The van der Waals surface area contributed by atoms with Crippen LogP contribution in [0.2, 0.25) is 0 Å². The second-order valence-electron chi connectivity index (χ2n) is 8.34. The summed E-state index contributed by atoms with van der Waals surface area (Å²) in [6.07, 6.45) is 8.29. The summed E-state index contributed by atoms with van der Waals surface area (Å²) >= 11 is 0. The summed E-state index contributed by atoms with van der Waals surface area (Å²) in [4.78, 5) is 24.1. The Morgan fingerprint density at radius 2 is 1.67 bits per heavy atom. The molecule has 1 saturated carbocycles. The van der Waals surface area contributed by atoms with Crippen molar-refractivity contribution in [2.45, 2.75) is 90.1 Å². The number of carbonyl (C=O) groups is 2. The minimum absolute atomic E-state index is 0.0402. The molecule has 5 nitrogen and oxygen atoms in total. The minimum atomic E-state index is -0.301. The van der Waals surface area contributed by atoms with Crippen molar-refractivity contribution in [1.82, 2.24) is 0 Å². The van der Waals surface area contributed by atoms with Gasteiger partial charge in [0.1, 0.15) is 11.9 Å². The van der Waals surface area contributed by atoms with Crippen molar-refractivity contribution in [2.75, 3.05) is 13.7 Å². The van der Waals surface area contributed by atoms with Gasteiger partial charge in [0.25, 0.3) is 0 Å². The first-order chi connectivity index (χ1) is 14.5. The van der Waals surface area contributed by atoms with E-state index in [-0.39, 0.29) is 30.9 Å². The van der Waals surface area contributed by atoms with E-state index in [4.69, 9.17) is 14.2 Å². The predicted octanol–water partition coefficient (Wildman–Crippen LogP) is 5.80. The summed E-state index contributed by atoms with van der Waals surface area (Å²) in [5.74, 6) is 1.19. The Bertz CT molecular complexity index is 631. The maximum absolute atomic E-state index is 12.1. The average molecular weight is 419 g/mol. The molecule has 0 aromatic heterocycles. The molecule has 168 valence electrons. The zero-order chi connectivity index (χ0) is 21.8. The molecule has 2 rings (SSSR count). The largest absolute Gasteiger partial charge is 0.497 e. The van der Waals surface area contributed by atoms with Gasteiger partial charge >= 0.3 is 11.9 Å². The first-order valence-corrected chi connectivity index (χ1v) is 11.5. The van der Waals surface area contributed by atoms with Crippen molar-refractivity contribution in [3.8, 4) is 5.75 Å². The fourth-order valence-electron chi connectivity index (χ4n) is 4.02. The van der Waals surface area contributed by atoms with Crippen molar-refractivity contribution < 1.29 is 23.8 Å². The van der Waals surface area contributed by atoms with Crippen LogP contribution < -0.4 is 4.74 Å². The summed E-state index contributed by atoms with van der Waals surface area (Å²) in [5, 5.41) is 0. The van der Waals surface area contributed by atoms with Crippen molar-refractivity contribution >= 4 is 11.9 Å². The van der Waals surface area contributed by atoms with Gasteiger partial charge in [0.2, 0.25) is 0 Å². The molecular formula is C25H38O5. The number of hydrogen-bond donors (Lipinski definition) is 0. The molecule has 0 radical (unpaired) electrons. The smallest absolute Gasteiger partial charge is 0.306 e. The molecular weight excluding hydrogens is 380 g/mol. The molecule has 5 heteroatoms. The van der Waals surface area contributed by atoms with Gasteiger partial charge < -0.3 is 14.2 Å². The van der Waals surface area contributed by atoms with Gasteiger partial charge in [-0.15, -0.1) is 0 Å². The first kappa shape index (κ1) is 24.2. The molecule has 0 aliphatic heterocycles. The Balaban J connectivity index is 1.63. The van der Waals surface area contributed by atoms with Gasteiger partial charge in [0, 0.05) is 0 Å². The summed E-state index contributed by atoms with van der Waals surface area (Å²) in [6.45, 7) is 4.74. The molecule has 1 atom stereocenters. The fourth-order valence-corrected chi connectivity index (χ4v) is 4.02. The molecule has 1 aromatic rings. The quantitative estimate of drug-likeness (QED) is 0.401. The van der Waals surface area contributed by atoms with Gasteiger partial charge in [0.05, 0.1) is 26.6 Å². The monoisotopic (exact) mass is 418 g/mol. The van der Waals surface area contributed by atoms with E-state index in [9.17, 15) is 9.59 Å². The summed E-state index contributed by atoms with van der Waals surface area (Å²) in [5.41, 5.74) is 1.31. The highest BCUT2D eigenvalue weighted by Crippen LogP contribution is 2.34. The molecule has 1 unspecified atom stereocenters. The van der Waals surface area contributed by atoms with Crippen molar-refractivity contribution in [2.24, 2.45) is 5.92 Å². The summed E-state index contributed by atoms with van der Waals surface area (Å²) in [7, 11) is 1.67. The predicted molar refractivity (Wildman–Crippen MR) is 118 cm³/mol. The number of hydrogen-bond acceptors (Lipinski definition) is 5. The summed E-state index contributed by atoms with van der Waals surface area (Å²) in [6, 6.07) is 8.22. The van der Waals surface area contributed by atoms with E-state index in [0.29, 0.717) is 18.4 Å². The van der Waals surface area contributed by atoms with Gasteiger partial charge in [-0.25, -0.2) is 0 Å². The van der Waals surface area contributed by atoms with Crippen molar-refractivity contribution in [3.63, 3.8) is 0 Å². The Morgan fingerprint density at radius 3 is 2.27 bits per heavy atom. The highest BCUT2D eigenvalue weighted by atomic mass is 16.5. The van der Waals surface area contributed by atoms with E-state index >= 15 is 0 Å². The topological polar surface area (TPSA) is 61.8 Å². The maximum atomic E-state index is 12.1. The first-order valence-electron chi connectivity index (χ1n) is 11.5. The number of esters is 2. The third kappa shape index (κ3) is 8.37. The van der Waals surface area contributed by atoms with Crippen molar-refractivity contribution in [1.29, 1.82) is 0 Å². The zero-order valence-corrected chi connectivity index (χ0v) is 18.9. The van der Waals surface area contributed by atoms with Gasteiger partial charge in [-0.1, -0.05) is 45.2 Å². The van der Waals surface area contributed by atoms with Crippen LogP contribution in [-0.2, 0) is 19.1 Å². The van der Waals surface area contributed by atoms with Crippen LogP contribution in [0.3, 0.4) is 0 Å². The number of unbranched alkanes of at least 4 members (excludes halogenated alkanes) is 1. The van der Waals surface area contributed by atoms with Crippen LogP contribution in [0.1, 0.15) is 89.5 Å². The van der Waals surface area contributed by atoms with Gasteiger partial charge in [-0.2, -0.15) is 0 Å². The molecule has 0 spiro atoms. The third-order valence-corrected chi connectivity index (χ3v) is 6.12. The maximum Gasteiger partial charge on any atom is 0.306 e. The van der Waals surface area contributed by atoms with E-state index in [1.807, 2.05) is 12.1 Å². The molecule has 1 aliphatic rings. The van der Waals surface area contributed by atoms with Crippen LogP contribution in [0.25, 0.3) is 0 Å². The van der Waals surface area contributed by atoms with E-state index in [1.165, 1.54) is 5.56 Å². The molecule has 30 heavy (non-hydrogen) atoms. The molecule has 1 aliphatic carbocycles. The van der Waals surface area contributed by atoms with E-state index in [2.05, 4.69) is 26.0 Å². The van der Waals surface area contributed by atoms with E-state index in [1.54, 1.807) is 7.11 Å². The highest BCUT2D eigenvalue weighted by Gasteiger charge is 2.25. The number of benzene rings is 1. The normalized spacial score (nSPS) is 19.7. The molecule has 1 fully saturated rings. The molecule has 0 saturated heterocycles. The average Bonchev–Trinajstić information content (AvgIpc) is 2.78.